The summed E-state index contributed by atoms with van der Waals surface area (Å²) in [7, 11) is 0. The molecule has 1 aliphatic heterocycles. The lowest BCUT2D eigenvalue weighted by Crippen LogP contribution is -2.48. The van der Waals surface area contributed by atoms with Gasteiger partial charge in [0.15, 0.2) is 5.82 Å². The highest BCUT2D eigenvalue weighted by atomic mass is 35.5. The van der Waals surface area contributed by atoms with E-state index >= 15 is 0 Å². The van der Waals surface area contributed by atoms with E-state index < -0.39 is 0 Å². The third kappa shape index (κ3) is 4.47. The van der Waals surface area contributed by atoms with Gasteiger partial charge in [-0.25, -0.2) is 9.07 Å². The molecule has 0 saturated carbocycles. The van der Waals surface area contributed by atoms with E-state index in [4.69, 9.17) is 11.6 Å². The third-order valence-electron chi connectivity index (χ3n) is 5.76. The summed E-state index contributed by atoms with van der Waals surface area (Å²) >= 11 is 6.21. The number of anilines is 1. The first-order valence-electron chi connectivity index (χ1n) is 10.3. The summed E-state index contributed by atoms with van der Waals surface area (Å²) in [5.41, 5.74) is 3.42. The van der Waals surface area contributed by atoms with Crippen molar-refractivity contribution in [2.24, 2.45) is 0 Å². The van der Waals surface area contributed by atoms with Crippen LogP contribution >= 0.6 is 11.6 Å². The molecule has 0 spiro atoms. The Balaban J connectivity index is 1.46. The van der Waals surface area contributed by atoms with Crippen LogP contribution < -0.4 is 4.90 Å². The molecule has 0 bridgehead atoms. The molecule has 3 aromatic rings. The van der Waals surface area contributed by atoms with Crippen LogP contribution in [0.3, 0.4) is 0 Å². The topological polar surface area (TPSA) is 50.1 Å². The molecule has 1 unspecified atom stereocenters. The molecule has 6 nitrogen and oxygen atoms in total. The molecule has 0 amide bonds. The molecule has 2 aromatic carbocycles. The van der Waals surface area contributed by atoms with E-state index in [0.29, 0.717) is 6.54 Å². The summed E-state index contributed by atoms with van der Waals surface area (Å²) in [5, 5.41) is 13.2. The van der Waals surface area contributed by atoms with Crippen LogP contribution in [0.1, 0.15) is 36.3 Å². The van der Waals surface area contributed by atoms with Crippen molar-refractivity contribution in [3.05, 3.63) is 70.3 Å². The number of hydrogen-bond acceptors (Lipinski definition) is 5. The number of hydrogen-bond donors (Lipinski definition) is 0. The summed E-state index contributed by atoms with van der Waals surface area (Å²) in [6, 6.07) is 12.7. The van der Waals surface area contributed by atoms with Crippen molar-refractivity contribution >= 4 is 17.3 Å². The molecule has 1 aromatic heterocycles. The van der Waals surface area contributed by atoms with Gasteiger partial charge in [0.1, 0.15) is 5.82 Å². The Morgan fingerprint density at radius 1 is 1.07 bits per heavy atom. The van der Waals surface area contributed by atoms with Crippen LogP contribution in [0.4, 0.5) is 10.1 Å². The summed E-state index contributed by atoms with van der Waals surface area (Å²) < 4.78 is 15.0. The van der Waals surface area contributed by atoms with Crippen LogP contribution in [0.15, 0.2) is 42.5 Å². The monoisotopic (exact) mass is 428 g/mol. The van der Waals surface area contributed by atoms with Gasteiger partial charge in [-0.15, -0.1) is 5.10 Å². The van der Waals surface area contributed by atoms with E-state index in [0.717, 1.165) is 49.0 Å². The highest BCUT2D eigenvalue weighted by Gasteiger charge is 2.28. The molecular weight excluding hydrogens is 403 g/mol. The Labute approximate surface area is 181 Å². The summed E-state index contributed by atoms with van der Waals surface area (Å²) in [5.74, 6) is 0.615. The van der Waals surface area contributed by atoms with Crippen molar-refractivity contribution < 1.29 is 4.39 Å². The van der Waals surface area contributed by atoms with E-state index in [9.17, 15) is 4.39 Å². The standard InChI is InChI=1S/C22H26ClFN6/c1-3-20(22-25-26-27-30(22)15-17-5-8-19(24)9-6-17)28-10-12-29(13-11-28)21-14-18(23)7-4-16(21)2/h4-9,14,20H,3,10-13,15H2,1-2H3. The van der Waals surface area contributed by atoms with Crippen LogP contribution in [0.2, 0.25) is 5.02 Å². The highest BCUT2D eigenvalue weighted by Crippen LogP contribution is 2.28. The zero-order valence-corrected chi connectivity index (χ0v) is 18.1. The number of aryl methyl sites for hydroxylation is 1. The molecule has 2 heterocycles. The van der Waals surface area contributed by atoms with Crippen molar-refractivity contribution in [2.45, 2.75) is 32.9 Å². The fourth-order valence-electron chi connectivity index (χ4n) is 4.13. The molecule has 0 radical (unpaired) electrons. The minimum absolute atomic E-state index is 0.142. The summed E-state index contributed by atoms with van der Waals surface area (Å²) in [6.45, 7) is 8.52. The Bertz CT molecular complexity index is 982. The highest BCUT2D eigenvalue weighted by molar-refractivity contribution is 6.30. The van der Waals surface area contributed by atoms with Gasteiger partial charge in [0.2, 0.25) is 0 Å². The zero-order chi connectivity index (χ0) is 21.1. The van der Waals surface area contributed by atoms with Gasteiger partial charge >= 0.3 is 0 Å². The Morgan fingerprint density at radius 3 is 2.50 bits per heavy atom. The van der Waals surface area contributed by atoms with Crippen molar-refractivity contribution in [2.75, 3.05) is 31.1 Å². The fourth-order valence-corrected chi connectivity index (χ4v) is 4.29. The normalized spacial score (nSPS) is 16.1. The maximum atomic E-state index is 13.2. The van der Waals surface area contributed by atoms with Gasteiger partial charge in [0.25, 0.3) is 0 Å². The number of piperazine rings is 1. The van der Waals surface area contributed by atoms with Gasteiger partial charge in [-0.05, 0) is 59.2 Å². The second-order valence-electron chi connectivity index (χ2n) is 7.70. The van der Waals surface area contributed by atoms with E-state index in [-0.39, 0.29) is 11.9 Å². The first-order chi connectivity index (χ1) is 14.5. The van der Waals surface area contributed by atoms with Gasteiger partial charge in [0, 0.05) is 36.9 Å². The molecule has 1 saturated heterocycles. The summed E-state index contributed by atoms with van der Waals surface area (Å²) in [4.78, 5) is 4.84. The maximum Gasteiger partial charge on any atom is 0.168 e. The molecule has 30 heavy (non-hydrogen) atoms. The van der Waals surface area contributed by atoms with Crippen LogP contribution in [0, 0.1) is 12.7 Å². The molecule has 8 heteroatoms. The van der Waals surface area contributed by atoms with Crippen molar-refractivity contribution in [3.63, 3.8) is 0 Å². The number of aromatic nitrogens is 4. The van der Waals surface area contributed by atoms with Gasteiger partial charge in [-0.3, -0.25) is 4.90 Å². The smallest absolute Gasteiger partial charge is 0.168 e. The minimum Gasteiger partial charge on any atom is -0.369 e. The molecule has 1 aliphatic rings. The van der Waals surface area contributed by atoms with Gasteiger partial charge in [-0.1, -0.05) is 36.7 Å². The Hall–Kier alpha value is -2.51. The lowest BCUT2D eigenvalue weighted by Gasteiger charge is -2.40. The molecule has 4 rings (SSSR count). The third-order valence-corrected chi connectivity index (χ3v) is 5.99. The lowest BCUT2D eigenvalue weighted by atomic mass is 10.1. The summed E-state index contributed by atoms with van der Waals surface area (Å²) in [6.07, 6.45) is 0.917. The number of halogens is 2. The van der Waals surface area contributed by atoms with E-state index in [1.54, 1.807) is 12.1 Å². The quantitative estimate of drug-likeness (QED) is 0.591. The predicted octanol–water partition coefficient (Wildman–Crippen LogP) is 4.10. The van der Waals surface area contributed by atoms with Crippen molar-refractivity contribution in [3.8, 4) is 0 Å². The second kappa shape index (κ2) is 9.10. The maximum absolute atomic E-state index is 13.2. The average Bonchev–Trinajstić information content (AvgIpc) is 3.20. The van der Waals surface area contributed by atoms with Gasteiger partial charge in [-0.2, -0.15) is 0 Å². The molecule has 0 N–H and O–H groups in total. The Morgan fingerprint density at radius 2 is 1.80 bits per heavy atom. The average molecular weight is 429 g/mol. The van der Waals surface area contributed by atoms with Crippen molar-refractivity contribution in [1.29, 1.82) is 0 Å². The van der Waals surface area contributed by atoms with E-state index in [1.807, 2.05) is 16.8 Å². The Kier molecular flexibility index (Phi) is 6.29. The first kappa shape index (κ1) is 20.8. The number of nitrogens with zero attached hydrogens (tertiary/aromatic N) is 6. The molecular formula is C22H26ClFN6. The van der Waals surface area contributed by atoms with E-state index in [2.05, 4.69) is 45.2 Å². The number of tetrazole rings is 1. The molecule has 0 aliphatic carbocycles. The predicted molar refractivity (Wildman–Crippen MR) is 116 cm³/mol. The minimum atomic E-state index is -0.241. The number of benzene rings is 2. The largest absolute Gasteiger partial charge is 0.369 e. The molecule has 1 fully saturated rings. The molecule has 1 atom stereocenters. The zero-order valence-electron chi connectivity index (χ0n) is 17.3. The lowest BCUT2D eigenvalue weighted by molar-refractivity contribution is 0.169. The van der Waals surface area contributed by atoms with Crippen LogP contribution in [-0.4, -0.2) is 51.3 Å². The number of rotatable bonds is 6. The van der Waals surface area contributed by atoms with Crippen molar-refractivity contribution in [1.82, 2.24) is 25.1 Å². The molecule has 158 valence electrons. The van der Waals surface area contributed by atoms with Crippen LogP contribution in [0.25, 0.3) is 0 Å². The second-order valence-corrected chi connectivity index (χ2v) is 8.14. The first-order valence-corrected chi connectivity index (χ1v) is 10.7. The van der Waals surface area contributed by atoms with Gasteiger partial charge < -0.3 is 4.90 Å². The van der Waals surface area contributed by atoms with Crippen LogP contribution in [-0.2, 0) is 6.54 Å². The SMILES string of the molecule is CCC(c1nnnn1Cc1ccc(F)cc1)N1CCN(c2cc(Cl)ccc2C)CC1. The fraction of sp³-hybridized carbons (Fsp3) is 0.409. The van der Waals surface area contributed by atoms with E-state index in [1.165, 1.54) is 23.4 Å². The van der Waals surface area contributed by atoms with Crippen LogP contribution in [0.5, 0.6) is 0 Å². The van der Waals surface area contributed by atoms with Gasteiger partial charge in [0.05, 0.1) is 12.6 Å².